The summed E-state index contributed by atoms with van der Waals surface area (Å²) < 4.78 is 36.2. The molecule has 4 aliphatic rings. The molecule has 3 heterocycles. The number of aliphatic hydroxyl groups excluding tert-OH is 11. The van der Waals surface area contributed by atoms with Gasteiger partial charge < -0.3 is 84.6 Å². The highest BCUT2D eigenvalue weighted by Gasteiger charge is 2.52. The van der Waals surface area contributed by atoms with Crippen molar-refractivity contribution in [3.05, 3.63) is 47.1 Å². The molecule has 3 saturated heterocycles. The van der Waals surface area contributed by atoms with Crippen LogP contribution in [0.4, 0.5) is 0 Å². The predicted octanol–water partition coefficient (Wildman–Crippen LogP) is -0.993. The van der Waals surface area contributed by atoms with Gasteiger partial charge in [0, 0.05) is 18.1 Å². The quantitative estimate of drug-likeness (QED) is 0.0706. The van der Waals surface area contributed by atoms with Crippen molar-refractivity contribution in [3.8, 4) is 11.5 Å². The Morgan fingerprint density at radius 1 is 0.719 bits per heavy atom. The molecule has 0 aromatic heterocycles. The van der Waals surface area contributed by atoms with Crippen LogP contribution < -0.4 is 9.47 Å². The highest BCUT2D eigenvalue weighted by atomic mass is 16.7. The van der Waals surface area contributed by atoms with Crippen molar-refractivity contribution < 1.29 is 84.6 Å². The molecule has 1 aliphatic carbocycles. The lowest BCUT2D eigenvalue weighted by molar-refractivity contribution is -0.351. The highest BCUT2D eigenvalue weighted by molar-refractivity contribution is 5.53. The second-order valence-corrected chi connectivity index (χ2v) is 15.8. The molecule has 5 rings (SSSR count). The zero-order chi connectivity index (χ0) is 41.7. The van der Waals surface area contributed by atoms with Crippen LogP contribution in [0.2, 0.25) is 0 Å². The monoisotopic (exact) mass is 814 g/mol. The predicted molar refractivity (Wildman–Crippen MR) is 200 cm³/mol. The second-order valence-electron chi connectivity index (χ2n) is 15.8. The van der Waals surface area contributed by atoms with Gasteiger partial charge in [0.15, 0.2) is 6.29 Å². The van der Waals surface area contributed by atoms with Crippen LogP contribution in [0.3, 0.4) is 0 Å². The van der Waals surface area contributed by atoms with E-state index in [1.165, 1.54) is 0 Å². The van der Waals surface area contributed by atoms with Gasteiger partial charge in [-0.25, -0.2) is 0 Å². The van der Waals surface area contributed by atoms with Crippen LogP contribution in [0, 0.1) is 5.92 Å². The van der Waals surface area contributed by atoms with Crippen molar-refractivity contribution >= 4 is 0 Å². The third-order valence-corrected chi connectivity index (χ3v) is 11.5. The molecule has 1 aromatic rings. The van der Waals surface area contributed by atoms with E-state index in [0.717, 1.165) is 36.8 Å². The average molecular weight is 815 g/mol. The highest BCUT2D eigenvalue weighted by Crippen LogP contribution is 2.49. The normalized spacial score (nSPS) is 40.0. The van der Waals surface area contributed by atoms with Gasteiger partial charge in [0.05, 0.1) is 19.3 Å². The van der Waals surface area contributed by atoms with Crippen molar-refractivity contribution in [2.75, 3.05) is 19.8 Å². The molecule has 0 saturated carbocycles. The maximum Gasteiger partial charge on any atom is 0.229 e. The summed E-state index contributed by atoms with van der Waals surface area (Å²) >= 11 is 0. The van der Waals surface area contributed by atoms with E-state index in [1.54, 1.807) is 12.1 Å². The lowest BCUT2D eigenvalue weighted by Crippen LogP contribution is -2.65. The summed E-state index contributed by atoms with van der Waals surface area (Å²) in [5.74, 6) is -0.302. The summed E-state index contributed by atoms with van der Waals surface area (Å²) in [5, 5.41) is 116. The summed E-state index contributed by atoms with van der Waals surface area (Å²) in [6.45, 7) is 8.33. The molecule has 0 spiro atoms. The molecule has 17 heteroatoms. The number of aliphatic hydroxyl groups is 11. The topological polar surface area (TPSA) is 278 Å². The molecular weight excluding hydrogens is 752 g/mol. The standard InChI is InChI=1S/C40H62O17/c1-5-6-7-8-20-14-24(53-38-34(49)33(48)30(45)26(16-42)55-38)28(22-13-19(4)9-10-21(22)18(2)3)25(15-20)54-40-36(51)37(31(46)27(17-43)56-40)57-39-35(50)32(47)29(44)23(52-39)11-12-41/h13-15,21-23,26-27,29-51H,2,5-12,16-17H2,1,3-4H3/t21-,22+,23+,26+,27+,29+,30+,31+,32-,33-,34+,35+,36+,37-,38+,39-,40+/m0/s1. The smallest absolute Gasteiger partial charge is 0.229 e. The van der Waals surface area contributed by atoms with E-state index in [1.807, 2.05) is 19.9 Å². The molecule has 57 heavy (non-hydrogen) atoms. The second kappa shape index (κ2) is 20.3. The van der Waals surface area contributed by atoms with Crippen LogP contribution in [0.1, 0.15) is 76.3 Å². The minimum Gasteiger partial charge on any atom is -0.462 e. The van der Waals surface area contributed by atoms with Crippen LogP contribution in [-0.4, -0.2) is 168 Å². The van der Waals surface area contributed by atoms with E-state index in [0.29, 0.717) is 24.0 Å². The molecule has 324 valence electrons. The molecule has 0 radical (unpaired) electrons. The number of hydrogen-bond acceptors (Lipinski definition) is 17. The van der Waals surface area contributed by atoms with E-state index in [9.17, 15) is 56.2 Å². The molecule has 0 amide bonds. The van der Waals surface area contributed by atoms with Crippen LogP contribution in [0.15, 0.2) is 35.9 Å². The number of ether oxygens (including phenoxy) is 6. The van der Waals surface area contributed by atoms with Crippen molar-refractivity contribution in [1.82, 2.24) is 0 Å². The van der Waals surface area contributed by atoms with Gasteiger partial charge in [-0.1, -0.05) is 43.6 Å². The van der Waals surface area contributed by atoms with Crippen LogP contribution in [0.25, 0.3) is 0 Å². The lowest BCUT2D eigenvalue weighted by atomic mass is 9.73. The van der Waals surface area contributed by atoms with Crippen molar-refractivity contribution in [2.24, 2.45) is 5.92 Å². The van der Waals surface area contributed by atoms with Gasteiger partial charge in [-0.15, -0.1) is 0 Å². The molecule has 11 N–H and O–H groups in total. The van der Waals surface area contributed by atoms with Gasteiger partial charge in [-0.2, -0.15) is 0 Å². The van der Waals surface area contributed by atoms with Gasteiger partial charge in [0.25, 0.3) is 0 Å². The Kier molecular flexibility index (Phi) is 16.3. The zero-order valence-electron chi connectivity index (χ0n) is 32.7. The van der Waals surface area contributed by atoms with Gasteiger partial charge in [-0.05, 0) is 69.6 Å². The summed E-state index contributed by atoms with van der Waals surface area (Å²) in [5.41, 5.74) is 3.04. The van der Waals surface area contributed by atoms with E-state index >= 15 is 0 Å². The Bertz CT molecular complexity index is 1490. The van der Waals surface area contributed by atoms with E-state index in [-0.39, 0.29) is 23.8 Å². The Balaban J connectivity index is 1.59. The zero-order valence-corrected chi connectivity index (χ0v) is 32.7. The molecule has 17 nitrogen and oxygen atoms in total. The first-order valence-corrected chi connectivity index (χ1v) is 19.9. The SMILES string of the molecule is C=C(C)[C@@H]1CCC(C)=C[C@H]1c1c(O[C@@H]2O[C@H](CO)[C@@H](O)[C@H](O)[C@H]2O)cc(CCCCC)cc1O[C@@H]1O[C@H](CO)[C@@H](O)[C@H](O[C@@H]2O[C@H](CCO)[C@@H](O)[C@H](O)[C@H]2O)[C@H]1O. The fourth-order valence-corrected chi connectivity index (χ4v) is 8.08. The van der Waals surface area contributed by atoms with Gasteiger partial charge >= 0.3 is 0 Å². The summed E-state index contributed by atoms with van der Waals surface area (Å²) in [4.78, 5) is 0. The van der Waals surface area contributed by atoms with E-state index in [4.69, 9.17) is 28.4 Å². The fraction of sp³-hybridized carbons (Fsp3) is 0.750. The van der Waals surface area contributed by atoms with E-state index in [2.05, 4.69) is 13.5 Å². The maximum atomic E-state index is 11.8. The summed E-state index contributed by atoms with van der Waals surface area (Å²) in [7, 11) is 0. The number of allylic oxidation sites excluding steroid dienone is 3. The Hall–Kier alpha value is -2.30. The maximum absolute atomic E-state index is 11.8. The molecule has 0 bridgehead atoms. The first-order chi connectivity index (χ1) is 27.1. The Labute approximate surface area is 332 Å². The lowest BCUT2D eigenvalue weighted by Gasteiger charge is -2.46. The van der Waals surface area contributed by atoms with Crippen LogP contribution >= 0.6 is 0 Å². The minimum atomic E-state index is -1.84. The number of rotatable bonds is 16. The third-order valence-electron chi connectivity index (χ3n) is 11.5. The van der Waals surface area contributed by atoms with Crippen molar-refractivity contribution in [2.45, 2.75) is 164 Å². The Morgan fingerprint density at radius 2 is 1.26 bits per heavy atom. The summed E-state index contributed by atoms with van der Waals surface area (Å²) in [6.07, 6.45) is -17.6. The fourth-order valence-electron chi connectivity index (χ4n) is 8.08. The van der Waals surface area contributed by atoms with Crippen LogP contribution in [-0.2, 0) is 25.4 Å². The van der Waals surface area contributed by atoms with Gasteiger partial charge in [0.2, 0.25) is 12.6 Å². The van der Waals surface area contributed by atoms with Crippen molar-refractivity contribution in [1.29, 1.82) is 0 Å². The van der Waals surface area contributed by atoms with E-state index < -0.39 is 118 Å². The molecule has 3 aliphatic heterocycles. The van der Waals surface area contributed by atoms with Crippen molar-refractivity contribution in [3.63, 3.8) is 0 Å². The molecule has 17 atom stereocenters. The number of unbranched alkanes of at least 4 members (excludes halogenated alkanes) is 2. The number of hydrogen-bond donors (Lipinski definition) is 11. The average Bonchev–Trinajstić information content (AvgIpc) is 3.18. The molecule has 1 aromatic carbocycles. The largest absolute Gasteiger partial charge is 0.462 e. The number of aryl methyl sites for hydroxylation is 1. The third kappa shape index (κ3) is 10.2. The molecule has 0 unspecified atom stereocenters. The summed E-state index contributed by atoms with van der Waals surface area (Å²) in [6, 6.07) is 3.52. The molecular formula is C40H62O17. The first kappa shape index (κ1) is 45.8. The van der Waals surface area contributed by atoms with Crippen LogP contribution in [0.5, 0.6) is 11.5 Å². The number of benzene rings is 1. The molecule has 3 fully saturated rings. The van der Waals surface area contributed by atoms with Gasteiger partial charge in [-0.3, -0.25) is 0 Å². The van der Waals surface area contributed by atoms with Gasteiger partial charge in [0.1, 0.15) is 78.6 Å². The minimum absolute atomic E-state index is 0.125. The Morgan fingerprint density at radius 3 is 1.82 bits per heavy atom. The first-order valence-electron chi connectivity index (χ1n) is 19.9.